The molecule has 2 unspecified atom stereocenters. The predicted octanol–water partition coefficient (Wildman–Crippen LogP) is 1.25. The van der Waals surface area contributed by atoms with Gasteiger partial charge in [0.15, 0.2) is 0 Å². The van der Waals surface area contributed by atoms with Gasteiger partial charge in [0.1, 0.15) is 5.75 Å². The minimum Gasteiger partial charge on any atom is -0.508 e. The monoisotopic (exact) mass is 222 g/mol. The zero-order valence-corrected chi connectivity index (χ0v) is 9.60. The van der Waals surface area contributed by atoms with Gasteiger partial charge >= 0.3 is 0 Å². The van der Waals surface area contributed by atoms with E-state index in [0.29, 0.717) is 5.56 Å². The maximum absolute atomic E-state index is 11.7. The number of rotatable bonds is 4. The van der Waals surface area contributed by atoms with Crippen molar-refractivity contribution in [3.8, 4) is 5.75 Å². The van der Waals surface area contributed by atoms with Crippen LogP contribution in [0.25, 0.3) is 0 Å². The highest BCUT2D eigenvalue weighted by atomic mass is 16.3. The number of hydrogen-bond acceptors (Lipinski definition) is 3. The lowest BCUT2D eigenvalue weighted by Gasteiger charge is -2.15. The van der Waals surface area contributed by atoms with Crippen LogP contribution in [0.1, 0.15) is 30.6 Å². The van der Waals surface area contributed by atoms with Crippen molar-refractivity contribution in [3.63, 3.8) is 0 Å². The standard InChI is InChI=1S/C12H18N2O2/c1-8(13)6-9(2)14-12(16)10-4-3-5-11(15)7-10/h3-5,7-9,15H,6,13H2,1-2H3,(H,14,16). The van der Waals surface area contributed by atoms with Gasteiger partial charge in [0.25, 0.3) is 5.91 Å². The second kappa shape index (κ2) is 5.51. The molecule has 1 aromatic rings. The maximum atomic E-state index is 11.7. The fraction of sp³-hybridized carbons (Fsp3) is 0.417. The number of hydrogen-bond donors (Lipinski definition) is 3. The molecule has 0 aromatic heterocycles. The number of carbonyl (C=O) groups is 1. The summed E-state index contributed by atoms with van der Waals surface area (Å²) < 4.78 is 0. The van der Waals surface area contributed by atoms with Crippen LogP contribution in [-0.4, -0.2) is 23.1 Å². The topological polar surface area (TPSA) is 75.3 Å². The third kappa shape index (κ3) is 3.90. The Labute approximate surface area is 95.5 Å². The average molecular weight is 222 g/mol. The van der Waals surface area contributed by atoms with Crippen LogP contribution >= 0.6 is 0 Å². The Bertz CT molecular complexity index is 364. The van der Waals surface area contributed by atoms with E-state index in [4.69, 9.17) is 5.73 Å². The Morgan fingerprint density at radius 3 is 2.75 bits per heavy atom. The first-order chi connectivity index (χ1) is 7.49. The molecule has 1 rings (SSSR count). The van der Waals surface area contributed by atoms with E-state index in [9.17, 15) is 9.90 Å². The summed E-state index contributed by atoms with van der Waals surface area (Å²) >= 11 is 0. The van der Waals surface area contributed by atoms with Crippen molar-refractivity contribution in [2.24, 2.45) is 5.73 Å². The van der Waals surface area contributed by atoms with Crippen molar-refractivity contribution >= 4 is 5.91 Å². The minimum atomic E-state index is -0.191. The van der Waals surface area contributed by atoms with Gasteiger partial charge in [-0.25, -0.2) is 0 Å². The lowest BCUT2D eigenvalue weighted by Crippen LogP contribution is -2.36. The van der Waals surface area contributed by atoms with E-state index >= 15 is 0 Å². The van der Waals surface area contributed by atoms with E-state index in [1.54, 1.807) is 12.1 Å². The number of nitrogens with two attached hydrogens (primary N) is 1. The molecule has 16 heavy (non-hydrogen) atoms. The van der Waals surface area contributed by atoms with Gasteiger partial charge in [0, 0.05) is 17.6 Å². The summed E-state index contributed by atoms with van der Waals surface area (Å²) in [6.45, 7) is 3.81. The Morgan fingerprint density at radius 2 is 2.19 bits per heavy atom. The number of phenols is 1. The van der Waals surface area contributed by atoms with Gasteiger partial charge in [-0.15, -0.1) is 0 Å². The first-order valence-corrected chi connectivity index (χ1v) is 5.34. The first kappa shape index (κ1) is 12.5. The molecule has 4 N–H and O–H groups in total. The summed E-state index contributed by atoms with van der Waals surface area (Å²) in [6.07, 6.45) is 0.727. The number of carbonyl (C=O) groups excluding carboxylic acids is 1. The number of aromatic hydroxyl groups is 1. The fourth-order valence-corrected chi connectivity index (χ4v) is 1.57. The van der Waals surface area contributed by atoms with E-state index < -0.39 is 0 Å². The van der Waals surface area contributed by atoms with Gasteiger partial charge in [0.05, 0.1) is 0 Å². The summed E-state index contributed by atoms with van der Waals surface area (Å²) in [5.41, 5.74) is 6.10. The third-order valence-corrected chi connectivity index (χ3v) is 2.21. The Morgan fingerprint density at radius 1 is 1.50 bits per heavy atom. The first-order valence-electron chi connectivity index (χ1n) is 5.34. The van der Waals surface area contributed by atoms with E-state index in [1.165, 1.54) is 12.1 Å². The second-order valence-corrected chi connectivity index (χ2v) is 4.14. The smallest absolute Gasteiger partial charge is 0.251 e. The summed E-state index contributed by atoms with van der Waals surface area (Å²) in [4.78, 5) is 11.7. The van der Waals surface area contributed by atoms with E-state index in [0.717, 1.165) is 6.42 Å². The highest BCUT2D eigenvalue weighted by Crippen LogP contribution is 2.11. The molecule has 0 aliphatic rings. The largest absolute Gasteiger partial charge is 0.508 e. The zero-order valence-electron chi connectivity index (χ0n) is 9.60. The molecule has 4 nitrogen and oxygen atoms in total. The number of phenolic OH excluding ortho intramolecular Hbond substituents is 1. The Hall–Kier alpha value is -1.55. The SMILES string of the molecule is CC(N)CC(C)NC(=O)c1cccc(O)c1. The molecule has 0 saturated heterocycles. The zero-order chi connectivity index (χ0) is 12.1. The molecule has 1 aromatic carbocycles. The highest BCUT2D eigenvalue weighted by molar-refractivity contribution is 5.94. The lowest BCUT2D eigenvalue weighted by atomic mass is 10.1. The minimum absolute atomic E-state index is 0.0230. The van der Waals surface area contributed by atoms with Gasteiger partial charge in [-0.1, -0.05) is 6.07 Å². The highest BCUT2D eigenvalue weighted by Gasteiger charge is 2.11. The van der Waals surface area contributed by atoms with Gasteiger partial charge in [-0.2, -0.15) is 0 Å². The third-order valence-electron chi connectivity index (χ3n) is 2.21. The van der Waals surface area contributed by atoms with Crippen LogP contribution in [0.5, 0.6) is 5.75 Å². The molecule has 0 heterocycles. The molecule has 0 spiro atoms. The van der Waals surface area contributed by atoms with Crippen LogP contribution in [0.3, 0.4) is 0 Å². The van der Waals surface area contributed by atoms with Crippen LogP contribution in [0.4, 0.5) is 0 Å². The van der Waals surface area contributed by atoms with Gasteiger partial charge < -0.3 is 16.2 Å². The molecule has 4 heteroatoms. The number of nitrogens with one attached hydrogen (secondary N) is 1. The molecule has 1 amide bonds. The second-order valence-electron chi connectivity index (χ2n) is 4.14. The van der Waals surface area contributed by atoms with Crippen molar-refractivity contribution in [2.45, 2.75) is 32.4 Å². The Kier molecular flexibility index (Phi) is 4.31. The van der Waals surface area contributed by atoms with Crippen LogP contribution in [-0.2, 0) is 0 Å². The average Bonchev–Trinajstić information content (AvgIpc) is 2.16. The van der Waals surface area contributed by atoms with Crippen molar-refractivity contribution in [3.05, 3.63) is 29.8 Å². The predicted molar refractivity (Wildman–Crippen MR) is 63.3 cm³/mol. The summed E-state index contributed by atoms with van der Waals surface area (Å²) in [6, 6.07) is 6.35. The summed E-state index contributed by atoms with van der Waals surface area (Å²) in [5.74, 6) is -0.100. The van der Waals surface area contributed by atoms with Crippen molar-refractivity contribution in [1.82, 2.24) is 5.32 Å². The molecule has 0 fully saturated rings. The molecular weight excluding hydrogens is 204 g/mol. The van der Waals surface area contributed by atoms with Gasteiger partial charge in [0.2, 0.25) is 0 Å². The molecule has 88 valence electrons. The number of benzene rings is 1. The quantitative estimate of drug-likeness (QED) is 0.717. The molecule has 0 radical (unpaired) electrons. The maximum Gasteiger partial charge on any atom is 0.251 e. The van der Waals surface area contributed by atoms with Gasteiger partial charge in [-0.05, 0) is 38.5 Å². The van der Waals surface area contributed by atoms with Crippen LogP contribution in [0, 0.1) is 0 Å². The summed E-state index contributed by atoms with van der Waals surface area (Å²) in [5, 5.41) is 12.1. The van der Waals surface area contributed by atoms with Crippen molar-refractivity contribution in [1.29, 1.82) is 0 Å². The van der Waals surface area contributed by atoms with E-state index in [-0.39, 0.29) is 23.7 Å². The van der Waals surface area contributed by atoms with Crippen molar-refractivity contribution in [2.75, 3.05) is 0 Å². The Balaban J connectivity index is 2.59. The van der Waals surface area contributed by atoms with Crippen molar-refractivity contribution < 1.29 is 9.90 Å². The van der Waals surface area contributed by atoms with Crippen LogP contribution < -0.4 is 11.1 Å². The fourth-order valence-electron chi connectivity index (χ4n) is 1.57. The normalized spacial score (nSPS) is 14.2. The lowest BCUT2D eigenvalue weighted by molar-refractivity contribution is 0.0937. The molecule has 0 aliphatic carbocycles. The van der Waals surface area contributed by atoms with Crippen LogP contribution in [0.15, 0.2) is 24.3 Å². The number of amides is 1. The molecule has 0 aliphatic heterocycles. The van der Waals surface area contributed by atoms with E-state index in [1.807, 2.05) is 13.8 Å². The van der Waals surface area contributed by atoms with Gasteiger partial charge in [-0.3, -0.25) is 4.79 Å². The summed E-state index contributed by atoms with van der Waals surface area (Å²) in [7, 11) is 0. The molecule has 0 saturated carbocycles. The molecule has 0 bridgehead atoms. The molecular formula is C12H18N2O2. The molecule has 2 atom stereocenters. The van der Waals surface area contributed by atoms with E-state index in [2.05, 4.69) is 5.32 Å². The van der Waals surface area contributed by atoms with Crippen LogP contribution in [0.2, 0.25) is 0 Å².